The summed E-state index contributed by atoms with van der Waals surface area (Å²) in [4.78, 5) is 0. The molecule has 3 heteroatoms. The molecule has 0 radical (unpaired) electrons. The number of rotatable bonds is 8. The third-order valence-corrected chi connectivity index (χ3v) is 3.57. The first-order valence-corrected chi connectivity index (χ1v) is 7.60. The van der Waals surface area contributed by atoms with Crippen LogP contribution in [0, 0.1) is 19.8 Å². The largest absolute Gasteiger partial charge is 0.467 e. The van der Waals surface area contributed by atoms with Crippen LogP contribution in [0.5, 0.6) is 5.75 Å². The Kier molecular flexibility index (Phi) is 5.44. The first-order valence-electron chi connectivity index (χ1n) is 7.60. The molecule has 0 saturated heterocycles. The van der Waals surface area contributed by atoms with Crippen molar-refractivity contribution in [1.29, 1.82) is 0 Å². The van der Waals surface area contributed by atoms with Crippen molar-refractivity contribution < 1.29 is 9.47 Å². The fraction of sp³-hybridized carbons (Fsp3) is 0.647. The second kappa shape index (κ2) is 7.09. The highest BCUT2D eigenvalue weighted by molar-refractivity contribution is 5.43. The molecule has 3 nitrogen and oxygen atoms in total. The lowest BCUT2D eigenvalue weighted by Crippen LogP contribution is -2.22. The van der Waals surface area contributed by atoms with E-state index in [-0.39, 0.29) is 0 Å². The van der Waals surface area contributed by atoms with E-state index in [4.69, 9.17) is 9.47 Å². The fourth-order valence-electron chi connectivity index (χ4n) is 2.29. The number of ether oxygens (including phenoxy) is 2. The Bertz CT molecular complexity index is 416. The van der Waals surface area contributed by atoms with E-state index in [1.54, 1.807) is 0 Å². The lowest BCUT2D eigenvalue weighted by molar-refractivity contribution is 0.00922. The maximum atomic E-state index is 5.78. The molecule has 0 aliphatic heterocycles. The van der Waals surface area contributed by atoms with Crippen LogP contribution in [0.3, 0.4) is 0 Å². The molecule has 0 aromatic heterocycles. The molecule has 20 heavy (non-hydrogen) atoms. The predicted octanol–water partition coefficient (Wildman–Crippen LogP) is 3.56. The number of benzene rings is 1. The van der Waals surface area contributed by atoms with E-state index >= 15 is 0 Å². The van der Waals surface area contributed by atoms with Crippen LogP contribution in [0.15, 0.2) is 12.1 Å². The zero-order valence-corrected chi connectivity index (χ0v) is 13.2. The number of hydrogen-bond donors (Lipinski definition) is 1. The van der Waals surface area contributed by atoms with Crippen LogP contribution in [0.1, 0.15) is 43.4 Å². The molecule has 0 unspecified atom stereocenters. The summed E-state index contributed by atoms with van der Waals surface area (Å²) >= 11 is 0. The van der Waals surface area contributed by atoms with Crippen LogP contribution in [0.4, 0.5) is 0 Å². The average Bonchev–Trinajstić information content (AvgIpc) is 3.18. The van der Waals surface area contributed by atoms with Crippen molar-refractivity contribution in [3.8, 4) is 5.75 Å². The second-order valence-corrected chi connectivity index (χ2v) is 6.17. The fourth-order valence-corrected chi connectivity index (χ4v) is 2.29. The van der Waals surface area contributed by atoms with Crippen molar-refractivity contribution in [2.24, 2.45) is 5.92 Å². The first kappa shape index (κ1) is 15.3. The molecule has 0 heterocycles. The quantitative estimate of drug-likeness (QED) is 0.582. The molecule has 1 aromatic carbocycles. The van der Waals surface area contributed by atoms with Crippen LogP contribution >= 0.6 is 0 Å². The third-order valence-electron chi connectivity index (χ3n) is 3.57. The average molecular weight is 277 g/mol. The monoisotopic (exact) mass is 277 g/mol. The standard InChI is InChI=1S/C17H27NO2/c1-12(2)18-9-16-7-13(3)17(14(4)8-16)20-11-19-10-15-5-6-15/h7-8,12,15,18H,5-6,9-11H2,1-4H3. The normalized spacial score (nSPS) is 14.8. The Balaban J connectivity index is 1.87. The van der Waals surface area contributed by atoms with Gasteiger partial charge in [-0.3, -0.25) is 0 Å². The minimum atomic E-state index is 0.363. The molecule has 1 saturated carbocycles. The summed E-state index contributed by atoms with van der Waals surface area (Å²) in [7, 11) is 0. The summed E-state index contributed by atoms with van der Waals surface area (Å²) < 4.78 is 11.3. The number of nitrogens with one attached hydrogen (secondary N) is 1. The lowest BCUT2D eigenvalue weighted by Gasteiger charge is -2.15. The van der Waals surface area contributed by atoms with Gasteiger partial charge in [-0.25, -0.2) is 0 Å². The van der Waals surface area contributed by atoms with E-state index in [0.29, 0.717) is 12.8 Å². The topological polar surface area (TPSA) is 30.5 Å². The third kappa shape index (κ3) is 4.80. The molecule has 2 rings (SSSR count). The van der Waals surface area contributed by atoms with Crippen molar-refractivity contribution in [3.63, 3.8) is 0 Å². The van der Waals surface area contributed by atoms with Crippen LogP contribution < -0.4 is 10.1 Å². The zero-order chi connectivity index (χ0) is 14.5. The molecular weight excluding hydrogens is 250 g/mol. The highest BCUT2D eigenvalue weighted by Gasteiger charge is 2.21. The molecule has 1 N–H and O–H groups in total. The molecule has 1 aliphatic carbocycles. The van der Waals surface area contributed by atoms with Gasteiger partial charge in [0.15, 0.2) is 6.79 Å². The zero-order valence-electron chi connectivity index (χ0n) is 13.2. The summed E-state index contributed by atoms with van der Waals surface area (Å²) in [5, 5.41) is 3.44. The minimum absolute atomic E-state index is 0.363. The highest BCUT2D eigenvalue weighted by atomic mass is 16.7. The Hall–Kier alpha value is -1.06. The van der Waals surface area contributed by atoms with E-state index in [1.165, 1.54) is 29.5 Å². The minimum Gasteiger partial charge on any atom is -0.467 e. The summed E-state index contributed by atoms with van der Waals surface area (Å²) in [5.74, 6) is 1.75. The summed E-state index contributed by atoms with van der Waals surface area (Å²) in [6.45, 7) is 10.6. The second-order valence-electron chi connectivity index (χ2n) is 6.17. The molecule has 0 atom stereocenters. The van der Waals surface area contributed by atoms with Crippen molar-refractivity contribution in [3.05, 3.63) is 28.8 Å². The van der Waals surface area contributed by atoms with E-state index in [2.05, 4.69) is 45.1 Å². The molecular formula is C17H27NO2. The van der Waals surface area contributed by atoms with Gasteiger partial charge in [0.05, 0.1) is 6.61 Å². The Morgan fingerprint density at radius 2 is 1.85 bits per heavy atom. The molecule has 1 aromatic rings. The summed E-state index contributed by atoms with van der Waals surface area (Å²) in [6.07, 6.45) is 2.63. The van der Waals surface area contributed by atoms with E-state index in [9.17, 15) is 0 Å². The van der Waals surface area contributed by atoms with Crippen LogP contribution in [-0.4, -0.2) is 19.4 Å². The summed E-state index contributed by atoms with van der Waals surface area (Å²) in [5.41, 5.74) is 3.67. The van der Waals surface area contributed by atoms with Crippen molar-refractivity contribution in [2.75, 3.05) is 13.4 Å². The van der Waals surface area contributed by atoms with Crippen molar-refractivity contribution in [2.45, 2.75) is 53.1 Å². The Morgan fingerprint density at radius 1 is 1.20 bits per heavy atom. The molecule has 0 bridgehead atoms. The maximum absolute atomic E-state index is 5.78. The molecule has 0 spiro atoms. The van der Waals surface area contributed by atoms with Gasteiger partial charge in [-0.2, -0.15) is 0 Å². The van der Waals surface area contributed by atoms with Gasteiger partial charge in [0.2, 0.25) is 0 Å². The summed E-state index contributed by atoms with van der Waals surface area (Å²) in [6, 6.07) is 4.89. The van der Waals surface area contributed by atoms with Crippen molar-refractivity contribution >= 4 is 0 Å². The van der Waals surface area contributed by atoms with Gasteiger partial charge in [-0.1, -0.05) is 26.0 Å². The number of aryl methyl sites for hydroxylation is 2. The Labute approximate surface area is 122 Å². The van der Waals surface area contributed by atoms with Gasteiger partial charge >= 0.3 is 0 Å². The van der Waals surface area contributed by atoms with Gasteiger partial charge in [0.25, 0.3) is 0 Å². The molecule has 1 fully saturated rings. The predicted molar refractivity (Wildman–Crippen MR) is 82.1 cm³/mol. The first-order chi connectivity index (χ1) is 9.56. The van der Waals surface area contributed by atoms with Crippen LogP contribution in [0.2, 0.25) is 0 Å². The van der Waals surface area contributed by atoms with E-state index < -0.39 is 0 Å². The maximum Gasteiger partial charge on any atom is 0.189 e. The van der Waals surface area contributed by atoms with Crippen molar-refractivity contribution in [1.82, 2.24) is 5.32 Å². The lowest BCUT2D eigenvalue weighted by atomic mass is 10.1. The SMILES string of the molecule is Cc1cc(CNC(C)C)cc(C)c1OCOCC1CC1. The van der Waals surface area contributed by atoms with E-state index in [0.717, 1.165) is 24.8 Å². The number of hydrogen-bond acceptors (Lipinski definition) is 3. The van der Waals surface area contributed by atoms with Gasteiger partial charge < -0.3 is 14.8 Å². The molecule has 0 amide bonds. The molecule has 1 aliphatic rings. The van der Waals surface area contributed by atoms with E-state index in [1.807, 2.05) is 0 Å². The van der Waals surface area contributed by atoms with Crippen LogP contribution in [-0.2, 0) is 11.3 Å². The van der Waals surface area contributed by atoms with Gasteiger partial charge in [0, 0.05) is 12.6 Å². The smallest absolute Gasteiger partial charge is 0.189 e. The van der Waals surface area contributed by atoms with Gasteiger partial charge in [-0.15, -0.1) is 0 Å². The molecule has 112 valence electrons. The van der Waals surface area contributed by atoms with Crippen LogP contribution in [0.25, 0.3) is 0 Å². The van der Waals surface area contributed by atoms with Gasteiger partial charge in [-0.05, 0) is 49.3 Å². The van der Waals surface area contributed by atoms with Gasteiger partial charge in [0.1, 0.15) is 5.75 Å². The Morgan fingerprint density at radius 3 is 2.40 bits per heavy atom. The highest BCUT2D eigenvalue weighted by Crippen LogP contribution is 2.29.